The van der Waals surface area contributed by atoms with Crippen molar-refractivity contribution in [2.24, 2.45) is 7.05 Å². The number of hydrogen-bond acceptors (Lipinski definition) is 5. The second-order valence-electron chi connectivity index (χ2n) is 7.41. The number of nitrogens with zero attached hydrogens (tertiary/aromatic N) is 4. The van der Waals surface area contributed by atoms with E-state index in [0.717, 1.165) is 38.9 Å². The van der Waals surface area contributed by atoms with E-state index in [9.17, 15) is 4.79 Å². The van der Waals surface area contributed by atoms with E-state index >= 15 is 0 Å². The minimum Gasteiger partial charge on any atom is -0.373 e. The zero-order chi connectivity index (χ0) is 18.0. The minimum atomic E-state index is -0.142. The molecule has 2 aromatic rings. The lowest BCUT2D eigenvalue weighted by atomic mass is 9.89. The molecular weight excluding hydrogens is 330 g/mol. The van der Waals surface area contributed by atoms with E-state index in [1.165, 1.54) is 5.56 Å². The molecule has 4 heterocycles. The van der Waals surface area contributed by atoms with Crippen LogP contribution in [0.15, 0.2) is 36.9 Å². The average Bonchev–Trinajstić information content (AvgIpc) is 3.22. The molecule has 26 heavy (non-hydrogen) atoms. The number of pyridine rings is 1. The van der Waals surface area contributed by atoms with E-state index in [1.54, 1.807) is 24.5 Å². The molecule has 2 aromatic heterocycles. The quantitative estimate of drug-likeness (QED) is 0.897. The fourth-order valence-electron chi connectivity index (χ4n) is 4.08. The van der Waals surface area contributed by atoms with Crippen LogP contribution in [0.4, 0.5) is 0 Å². The van der Waals surface area contributed by atoms with Gasteiger partial charge < -0.3 is 10.1 Å². The van der Waals surface area contributed by atoms with Crippen molar-refractivity contribution in [1.82, 2.24) is 25.0 Å². The summed E-state index contributed by atoms with van der Waals surface area (Å²) in [6, 6.07) is 3.65. The van der Waals surface area contributed by atoms with Crippen LogP contribution in [0.1, 0.15) is 35.2 Å². The molecule has 2 aliphatic rings. The van der Waals surface area contributed by atoms with Gasteiger partial charge in [-0.05, 0) is 31.4 Å². The highest BCUT2D eigenvalue weighted by atomic mass is 16.5. The van der Waals surface area contributed by atoms with Gasteiger partial charge >= 0.3 is 0 Å². The molecule has 4 rings (SSSR count). The molecule has 138 valence electrons. The van der Waals surface area contributed by atoms with Crippen LogP contribution in [-0.4, -0.2) is 56.9 Å². The van der Waals surface area contributed by atoms with Crippen molar-refractivity contribution in [3.63, 3.8) is 0 Å². The van der Waals surface area contributed by atoms with E-state index in [2.05, 4.69) is 26.5 Å². The van der Waals surface area contributed by atoms with E-state index in [1.807, 2.05) is 17.9 Å². The number of nitrogens with one attached hydrogen (secondary N) is 1. The smallest absolute Gasteiger partial charge is 0.251 e. The zero-order valence-corrected chi connectivity index (χ0v) is 15.1. The predicted molar refractivity (Wildman–Crippen MR) is 96.5 cm³/mol. The summed E-state index contributed by atoms with van der Waals surface area (Å²) in [6.07, 6.45) is 10.0. The zero-order valence-electron chi connectivity index (χ0n) is 15.1. The number of likely N-dealkylation sites (tertiary alicyclic amines) is 1. The van der Waals surface area contributed by atoms with E-state index in [-0.39, 0.29) is 17.6 Å². The normalized spacial score (nSPS) is 26.3. The van der Waals surface area contributed by atoms with Gasteiger partial charge in [-0.15, -0.1) is 0 Å². The Morgan fingerprint density at radius 3 is 3.04 bits per heavy atom. The van der Waals surface area contributed by atoms with Gasteiger partial charge in [0.2, 0.25) is 0 Å². The summed E-state index contributed by atoms with van der Waals surface area (Å²) in [5.41, 5.74) is 1.74. The Bertz CT molecular complexity index is 762. The Hall–Kier alpha value is -2.25. The summed E-state index contributed by atoms with van der Waals surface area (Å²) in [5, 5.41) is 7.42. The first-order valence-electron chi connectivity index (χ1n) is 9.17. The summed E-state index contributed by atoms with van der Waals surface area (Å²) in [4.78, 5) is 18.8. The Labute approximate surface area is 153 Å². The molecular formula is C19H25N5O2. The van der Waals surface area contributed by atoms with Crippen molar-refractivity contribution in [3.05, 3.63) is 48.0 Å². The first-order chi connectivity index (χ1) is 12.6. The van der Waals surface area contributed by atoms with Gasteiger partial charge in [-0.25, -0.2) is 0 Å². The van der Waals surface area contributed by atoms with E-state index < -0.39 is 0 Å². The van der Waals surface area contributed by atoms with E-state index in [0.29, 0.717) is 12.2 Å². The van der Waals surface area contributed by atoms with Gasteiger partial charge in [0, 0.05) is 69.0 Å². The second kappa shape index (κ2) is 7.17. The first-order valence-corrected chi connectivity index (χ1v) is 9.17. The molecule has 2 fully saturated rings. The summed E-state index contributed by atoms with van der Waals surface area (Å²) in [7, 11) is 1.94. The lowest BCUT2D eigenvalue weighted by molar-refractivity contribution is -0.0793. The molecule has 1 amide bonds. The molecule has 7 heteroatoms. The molecule has 7 nitrogen and oxygen atoms in total. The van der Waals surface area contributed by atoms with Crippen LogP contribution in [0.25, 0.3) is 0 Å². The van der Waals surface area contributed by atoms with Crippen LogP contribution in [-0.2, 0) is 18.3 Å². The fraction of sp³-hybridized carbons (Fsp3) is 0.526. The maximum absolute atomic E-state index is 12.4. The van der Waals surface area contributed by atoms with Gasteiger partial charge in [0.15, 0.2) is 0 Å². The predicted octanol–water partition coefficient (Wildman–Crippen LogP) is 1.37. The monoisotopic (exact) mass is 355 g/mol. The van der Waals surface area contributed by atoms with Gasteiger partial charge in [0.1, 0.15) is 0 Å². The SMILES string of the molecule is Cn1cc(CN2CC[C@@]3(C[C@H](NC(=O)c4ccncc4)CCO3)C2)cn1. The van der Waals surface area contributed by atoms with Crippen LogP contribution in [0.2, 0.25) is 0 Å². The largest absolute Gasteiger partial charge is 0.373 e. The van der Waals surface area contributed by atoms with Crippen LogP contribution in [0, 0.1) is 0 Å². The van der Waals surface area contributed by atoms with Crippen LogP contribution < -0.4 is 5.32 Å². The lowest BCUT2D eigenvalue weighted by Crippen LogP contribution is -2.49. The van der Waals surface area contributed by atoms with Crippen molar-refractivity contribution in [2.75, 3.05) is 19.7 Å². The molecule has 0 aliphatic carbocycles. The maximum atomic E-state index is 12.4. The molecule has 0 aromatic carbocycles. The number of amides is 1. The number of aryl methyl sites for hydroxylation is 1. The molecule has 0 unspecified atom stereocenters. The van der Waals surface area contributed by atoms with Crippen molar-refractivity contribution >= 4 is 5.91 Å². The van der Waals surface area contributed by atoms with Crippen molar-refractivity contribution in [1.29, 1.82) is 0 Å². The molecule has 2 saturated heterocycles. The number of ether oxygens (including phenoxy) is 1. The molecule has 1 N–H and O–H groups in total. The molecule has 1 spiro atoms. The molecule has 0 bridgehead atoms. The Morgan fingerprint density at radius 1 is 1.42 bits per heavy atom. The van der Waals surface area contributed by atoms with Gasteiger partial charge in [-0.2, -0.15) is 5.10 Å². The summed E-state index contributed by atoms with van der Waals surface area (Å²) >= 11 is 0. The average molecular weight is 355 g/mol. The summed E-state index contributed by atoms with van der Waals surface area (Å²) in [6.45, 7) is 3.51. The Kier molecular flexibility index (Phi) is 4.74. The van der Waals surface area contributed by atoms with Crippen LogP contribution >= 0.6 is 0 Å². The molecule has 2 atom stereocenters. The molecule has 0 radical (unpaired) electrons. The standard InChI is InChI=1S/C19H25N5O2/c1-23-12-15(11-21-23)13-24-8-5-19(14-24)10-17(4-9-26-19)22-18(25)16-2-6-20-7-3-16/h2-3,6-7,11-12,17H,4-5,8-10,13-14H2,1H3,(H,22,25)/t17-,19-/m1/s1. The van der Waals surface area contributed by atoms with Gasteiger partial charge in [-0.1, -0.05) is 0 Å². The van der Waals surface area contributed by atoms with Crippen LogP contribution in [0.3, 0.4) is 0 Å². The number of hydrogen-bond donors (Lipinski definition) is 1. The Balaban J connectivity index is 1.35. The van der Waals surface area contributed by atoms with Crippen molar-refractivity contribution in [2.45, 2.75) is 37.5 Å². The number of carbonyl (C=O) groups is 1. The van der Waals surface area contributed by atoms with E-state index in [4.69, 9.17) is 4.74 Å². The summed E-state index contributed by atoms with van der Waals surface area (Å²) < 4.78 is 8.03. The molecule has 0 saturated carbocycles. The Morgan fingerprint density at radius 2 is 2.27 bits per heavy atom. The molecule has 2 aliphatic heterocycles. The van der Waals surface area contributed by atoms with Gasteiger partial charge in [-0.3, -0.25) is 19.4 Å². The highest BCUT2D eigenvalue weighted by Gasteiger charge is 2.43. The maximum Gasteiger partial charge on any atom is 0.251 e. The third kappa shape index (κ3) is 3.78. The van der Waals surface area contributed by atoms with Crippen molar-refractivity contribution in [3.8, 4) is 0 Å². The minimum absolute atomic E-state index is 0.0281. The number of aromatic nitrogens is 3. The number of rotatable bonds is 4. The lowest BCUT2D eigenvalue weighted by Gasteiger charge is -2.38. The second-order valence-corrected chi connectivity index (χ2v) is 7.41. The van der Waals surface area contributed by atoms with Crippen molar-refractivity contribution < 1.29 is 9.53 Å². The highest BCUT2D eigenvalue weighted by Crippen LogP contribution is 2.35. The fourth-order valence-corrected chi connectivity index (χ4v) is 4.08. The number of carbonyl (C=O) groups excluding carboxylic acids is 1. The van der Waals surface area contributed by atoms with Gasteiger partial charge in [0.25, 0.3) is 5.91 Å². The topological polar surface area (TPSA) is 72.3 Å². The third-order valence-corrected chi connectivity index (χ3v) is 5.33. The van der Waals surface area contributed by atoms with Crippen LogP contribution in [0.5, 0.6) is 0 Å². The first kappa shape index (κ1) is 17.2. The third-order valence-electron chi connectivity index (χ3n) is 5.33. The summed E-state index contributed by atoms with van der Waals surface area (Å²) in [5.74, 6) is -0.0281. The van der Waals surface area contributed by atoms with Gasteiger partial charge in [0.05, 0.1) is 11.8 Å². The highest BCUT2D eigenvalue weighted by molar-refractivity contribution is 5.94.